The molecule has 0 spiro atoms. The van der Waals surface area contributed by atoms with Gasteiger partial charge in [0.2, 0.25) is 15.9 Å². The zero-order valence-corrected chi connectivity index (χ0v) is 22.9. The standard InChI is InChI=1S/C26H32N4O5S2/c1-4-35-15-14-30-23-12-9-21(27-19(3)31)16-24(23)36-26(30)28-25(32)20-7-10-22(11-8-20)37(33,34)29-13-5-6-18(2)17-29/h7-12,16,18H,4-6,13-15,17H2,1-3H3,(H,27,31). The number of rotatable bonds is 8. The van der Waals surface area contributed by atoms with E-state index >= 15 is 0 Å². The van der Waals surface area contributed by atoms with Crippen molar-refractivity contribution >= 4 is 49.1 Å². The van der Waals surface area contributed by atoms with Gasteiger partial charge in [0.1, 0.15) is 0 Å². The number of carbonyl (C=O) groups excluding carboxylic acids is 2. The number of anilines is 1. The lowest BCUT2D eigenvalue weighted by Crippen LogP contribution is -2.39. The molecule has 1 fully saturated rings. The first-order chi connectivity index (χ1) is 17.7. The van der Waals surface area contributed by atoms with E-state index in [2.05, 4.69) is 17.2 Å². The van der Waals surface area contributed by atoms with E-state index in [1.54, 1.807) is 0 Å². The lowest BCUT2D eigenvalue weighted by Gasteiger charge is -2.30. The van der Waals surface area contributed by atoms with Crippen molar-refractivity contribution in [2.75, 3.05) is 31.6 Å². The van der Waals surface area contributed by atoms with E-state index in [1.165, 1.54) is 46.8 Å². The molecule has 37 heavy (non-hydrogen) atoms. The first-order valence-corrected chi connectivity index (χ1v) is 14.6. The Kier molecular flexibility index (Phi) is 8.58. The Bertz CT molecular complexity index is 1460. The fourth-order valence-corrected chi connectivity index (χ4v) is 7.08. The summed E-state index contributed by atoms with van der Waals surface area (Å²) in [6, 6.07) is 11.5. The topological polar surface area (TPSA) is 110 Å². The predicted molar refractivity (Wildman–Crippen MR) is 144 cm³/mol. The molecule has 9 nitrogen and oxygen atoms in total. The van der Waals surface area contributed by atoms with Crippen molar-refractivity contribution in [2.45, 2.75) is 45.1 Å². The summed E-state index contributed by atoms with van der Waals surface area (Å²) in [6.07, 6.45) is 1.87. The van der Waals surface area contributed by atoms with Crippen LogP contribution in [0.1, 0.15) is 44.0 Å². The van der Waals surface area contributed by atoms with Gasteiger partial charge in [-0.1, -0.05) is 18.3 Å². The second kappa shape index (κ2) is 11.7. The van der Waals surface area contributed by atoms with E-state index in [9.17, 15) is 18.0 Å². The van der Waals surface area contributed by atoms with Crippen LogP contribution in [0, 0.1) is 5.92 Å². The summed E-state index contributed by atoms with van der Waals surface area (Å²) in [6.45, 7) is 7.98. The highest BCUT2D eigenvalue weighted by Gasteiger charge is 2.28. The normalized spacial score (nSPS) is 17.3. The number of hydrogen-bond donors (Lipinski definition) is 1. The smallest absolute Gasteiger partial charge is 0.279 e. The van der Waals surface area contributed by atoms with Gasteiger partial charge in [-0.3, -0.25) is 9.59 Å². The quantitative estimate of drug-likeness (QED) is 0.433. The SMILES string of the molecule is CCOCCn1c(=NC(=O)c2ccc(S(=O)(=O)N3CCCC(C)C3)cc2)sc2cc(NC(C)=O)ccc21. The van der Waals surface area contributed by atoms with Gasteiger partial charge in [-0.15, -0.1) is 0 Å². The van der Waals surface area contributed by atoms with Crippen LogP contribution < -0.4 is 10.1 Å². The number of ether oxygens (including phenoxy) is 1. The van der Waals surface area contributed by atoms with Crippen molar-refractivity contribution in [1.82, 2.24) is 8.87 Å². The van der Waals surface area contributed by atoms with Crippen LogP contribution in [0.2, 0.25) is 0 Å². The summed E-state index contributed by atoms with van der Waals surface area (Å²) in [5, 5.41) is 2.77. The van der Waals surface area contributed by atoms with Crippen LogP contribution in [-0.4, -0.2) is 55.4 Å². The second-order valence-corrected chi connectivity index (χ2v) is 12.1. The van der Waals surface area contributed by atoms with Gasteiger partial charge in [0.25, 0.3) is 5.91 Å². The summed E-state index contributed by atoms with van der Waals surface area (Å²) in [4.78, 5) is 29.6. The molecule has 2 heterocycles. The molecule has 1 atom stereocenters. The van der Waals surface area contributed by atoms with Gasteiger partial charge in [0.15, 0.2) is 4.80 Å². The molecule has 2 amide bonds. The highest BCUT2D eigenvalue weighted by Crippen LogP contribution is 2.24. The van der Waals surface area contributed by atoms with Crippen LogP contribution in [-0.2, 0) is 26.1 Å². The molecule has 11 heteroatoms. The maximum absolute atomic E-state index is 13.1. The third kappa shape index (κ3) is 6.35. The Hall–Kier alpha value is -2.86. The Morgan fingerprint density at radius 1 is 1.19 bits per heavy atom. The number of piperidine rings is 1. The Morgan fingerprint density at radius 3 is 2.62 bits per heavy atom. The Morgan fingerprint density at radius 2 is 1.95 bits per heavy atom. The molecule has 1 aliphatic rings. The summed E-state index contributed by atoms with van der Waals surface area (Å²) >= 11 is 1.34. The highest BCUT2D eigenvalue weighted by molar-refractivity contribution is 7.89. The molecule has 2 aromatic carbocycles. The number of amides is 2. The van der Waals surface area contributed by atoms with Crippen LogP contribution >= 0.6 is 11.3 Å². The van der Waals surface area contributed by atoms with Crippen molar-refractivity contribution in [1.29, 1.82) is 0 Å². The number of nitrogens with zero attached hydrogens (tertiary/aromatic N) is 3. The monoisotopic (exact) mass is 544 g/mol. The first-order valence-electron chi connectivity index (χ1n) is 12.4. The van der Waals surface area contributed by atoms with Crippen molar-refractivity contribution in [3.63, 3.8) is 0 Å². The zero-order valence-electron chi connectivity index (χ0n) is 21.3. The van der Waals surface area contributed by atoms with E-state index in [4.69, 9.17) is 4.74 Å². The summed E-state index contributed by atoms with van der Waals surface area (Å²) in [5.41, 5.74) is 1.84. The molecule has 198 valence electrons. The molecule has 0 radical (unpaired) electrons. The summed E-state index contributed by atoms with van der Waals surface area (Å²) in [7, 11) is -3.60. The Labute approximate surface area is 220 Å². The van der Waals surface area contributed by atoms with E-state index in [0.717, 1.165) is 23.1 Å². The maximum Gasteiger partial charge on any atom is 0.279 e. The predicted octanol–water partition coefficient (Wildman–Crippen LogP) is 3.86. The van der Waals surface area contributed by atoms with Crippen LogP contribution in [0.3, 0.4) is 0 Å². The van der Waals surface area contributed by atoms with Gasteiger partial charge in [0, 0.05) is 44.4 Å². The zero-order chi connectivity index (χ0) is 26.6. The fourth-order valence-electron chi connectivity index (χ4n) is 4.39. The fraction of sp³-hybridized carbons (Fsp3) is 0.423. The number of fused-ring (bicyclic) bond motifs is 1. The number of hydrogen-bond acceptors (Lipinski definition) is 6. The maximum atomic E-state index is 13.1. The lowest BCUT2D eigenvalue weighted by molar-refractivity contribution is -0.114. The third-order valence-electron chi connectivity index (χ3n) is 6.22. The number of nitrogens with one attached hydrogen (secondary N) is 1. The molecular formula is C26H32N4O5S2. The number of thiazole rings is 1. The number of aromatic nitrogens is 1. The molecule has 1 saturated heterocycles. The van der Waals surface area contributed by atoms with Gasteiger partial charge >= 0.3 is 0 Å². The number of carbonyl (C=O) groups is 2. The summed E-state index contributed by atoms with van der Waals surface area (Å²) < 4.78 is 35.9. The minimum absolute atomic E-state index is 0.166. The van der Waals surface area contributed by atoms with E-state index in [0.29, 0.717) is 54.8 Å². The molecule has 0 aliphatic carbocycles. The van der Waals surface area contributed by atoms with Crippen molar-refractivity contribution < 1.29 is 22.7 Å². The van der Waals surface area contributed by atoms with Gasteiger partial charge in [-0.2, -0.15) is 9.30 Å². The second-order valence-electron chi connectivity index (χ2n) is 9.15. The number of benzene rings is 2. The van der Waals surface area contributed by atoms with E-state index < -0.39 is 15.9 Å². The minimum atomic E-state index is -3.60. The van der Waals surface area contributed by atoms with Crippen molar-refractivity contribution in [2.24, 2.45) is 10.9 Å². The van der Waals surface area contributed by atoms with Crippen LogP contribution in [0.5, 0.6) is 0 Å². The van der Waals surface area contributed by atoms with Gasteiger partial charge in [0.05, 0.1) is 21.7 Å². The highest BCUT2D eigenvalue weighted by atomic mass is 32.2. The van der Waals surface area contributed by atoms with E-state index in [1.807, 2.05) is 29.7 Å². The third-order valence-corrected chi connectivity index (χ3v) is 9.14. The van der Waals surface area contributed by atoms with Gasteiger partial charge in [-0.25, -0.2) is 8.42 Å². The molecule has 0 saturated carbocycles. The van der Waals surface area contributed by atoms with Crippen LogP contribution in [0.4, 0.5) is 5.69 Å². The number of sulfonamides is 1. The minimum Gasteiger partial charge on any atom is -0.380 e. The van der Waals surface area contributed by atoms with Crippen LogP contribution in [0.15, 0.2) is 52.4 Å². The molecule has 1 unspecified atom stereocenters. The molecule has 3 aromatic rings. The van der Waals surface area contributed by atoms with Gasteiger partial charge < -0.3 is 14.6 Å². The average Bonchev–Trinajstić information content (AvgIpc) is 3.20. The molecule has 1 N–H and O–H groups in total. The van der Waals surface area contributed by atoms with Crippen molar-refractivity contribution in [3.8, 4) is 0 Å². The first kappa shape index (κ1) is 27.2. The van der Waals surface area contributed by atoms with E-state index in [-0.39, 0.29) is 10.8 Å². The average molecular weight is 545 g/mol. The molecule has 4 rings (SSSR count). The Balaban J connectivity index is 1.63. The summed E-state index contributed by atoms with van der Waals surface area (Å²) in [5.74, 6) is -0.303. The molecule has 0 bridgehead atoms. The van der Waals surface area contributed by atoms with Crippen molar-refractivity contribution in [3.05, 3.63) is 52.8 Å². The van der Waals surface area contributed by atoms with Gasteiger partial charge in [-0.05, 0) is 68.1 Å². The molecule has 1 aliphatic heterocycles. The molecular weight excluding hydrogens is 512 g/mol. The largest absolute Gasteiger partial charge is 0.380 e. The molecule has 1 aromatic heterocycles. The lowest BCUT2D eigenvalue weighted by atomic mass is 10.0. The van der Waals surface area contributed by atoms with Crippen LogP contribution in [0.25, 0.3) is 10.2 Å².